The zero-order valence-corrected chi connectivity index (χ0v) is 7.33. The fourth-order valence-corrected chi connectivity index (χ4v) is 1.38. The Kier molecular flexibility index (Phi) is 1.64. The minimum Gasteiger partial charge on any atom is -0.379 e. The molecule has 0 fully saturated rings. The first-order valence-corrected chi connectivity index (χ1v) is 4.24. The molecule has 3 nitrogen and oxygen atoms in total. The summed E-state index contributed by atoms with van der Waals surface area (Å²) in [5, 5.41) is 6.79. The SMILES string of the molecule is CC1Nc2ccncc2NC1C. The van der Waals surface area contributed by atoms with Gasteiger partial charge in [-0.1, -0.05) is 0 Å². The molecule has 2 N–H and O–H groups in total. The highest BCUT2D eigenvalue weighted by atomic mass is 15.1. The molecule has 1 aliphatic heterocycles. The monoisotopic (exact) mass is 163 g/mol. The van der Waals surface area contributed by atoms with Gasteiger partial charge in [0.2, 0.25) is 0 Å². The molecule has 1 aromatic rings. The number of nitrogens with one attached hydrogen (secondary N) is 2. The van der Waals surface area contributed by atoms with E-state index in [1.165, 1.54) is 0 Å². The summed E-state index contributed by atoms with van der Waals surface area (Å²) >= 11 is 0. The van der Waals surface area contributed by atoms with Crippen molar-refractivity contribution in [1.82, 2.24) is 4.98 Å². The Morgan fingerprint density at radius 1 is 1.17 bits per heavy atom. The van der Waals surface area contributed by atoms with Gasteiger partial charge in [0.05, 0.1) is 17.6 Å². The van der Waals surface area contributed by atoms with Crippen LogP contribution in [0, 0.1) is 0 Å². The summed E-state index contributed by atoms with van der Waals surface area (Å²) in [6, 6.07) is 2.92. The van der Waals surface area contributed by atoms with E-state index in [0.29, 0.717) is 12.1 Å². The molecule has 1 aliphatic rings. The van der Waals surface area contributed by atoms with Crippen molar-refractivity contribution in [3.8, 4) is 0 Å². The van der Waals surface area contributed by atoms with E-state index < -0.39 is 0 Å². The molecule has 0 aromatic carbocycles. The van der Waals surface area contributed by atoms with Gasteiger partial charge in [-0.25, -0.2) is 0 Å². The van der Waals surface area contributed by atoms with Crippen molar-refractivity contribution in [2.45, 2.75) is 25.9 Å². The van der Waals surface area contributed by atoms with Crippen molar-refractivity contribution in [1.29, 1.82) is 0 Å². The highest BCUT2D eigenvalue weighted by Gasteiger charge is 2.19. The first-order valence-electron chi connectivity index (χ1n) is 4.24. The summed E-state index contributed by atoms with van der Waals surface area (Å²) < 4.78 is 0. The lowest BCUT2D eigenvalue weighted by Crippen LogP contribution is -2.38. The fourth-order valence-electron chi connectivity index (χ4n) is 1.38. The molecule has 0 spiro atoms. The van der Waals surface area contributed by atoms with Crippen LogP contribution in [0.5, 0.6) is 0 Å². The predicted octanol–water partition coefficient (Wildman–Crippen LogP) is 1.70. The van der Waals surface area contributed by atoms with Crippen LogP contribution in [0.2, 0.25) is 0 Å². The molecule has 3 heteroatoms. The van der Waals surface area contributed by atoms with Gasteiger partial charge in [0.1, 0.15) is 0 Å². The number of pyridine rings is 1. The van der Waals surface area contributed by atoms with E-state index in [9.17, 15) is 0 Å². The van der Waals surface area contributed by atoms with Crippen LogP contribution < -0.4 is 10.6 Å². The van der Waals surface area contributed by atoms with Crippen molar-refractivity contribution >= 4 is 11.4 Å². The van der Waals surface area contributed by atoms with Gasteiger partial charge in [0.25, 0.3) is 0 Å². The maximum Gasteiger partial charge on any atom is 0.0765 e. The molecule has 2 atom stereocenters. The molecule has 0 amide bonds. The lowest BCUT2D eigenvalue weighted by Gasteiger charge is -2.31. The molecule has 64 valence electrons. The number of hydrogen-bond acceptors (Lipinski definition) is 3. The number of nitrogens with zero attached hydrogens (tertiary/aromatic N) is 1. The molecule has 2 unspecified atom stereocenters. The highest BCUT2D eigenvalue weighted by molar-refractivity contribution is 5.70. The van der Waals surface area contributed by atoms with E-state index in [2.05, 4.69) is 29.5 Å². The standard InChI is InChI=1S/C9H13N3/c1-6-7(2)12-9-5-10-4-3-8(9)11-6/h3-7,11-12H,1-2H3. The van der Waals surface area contributed by atoms with E-state index in [4.69, 9.17) is 0 Å². The second kappa shape index (κ2) is 2.66. The van der Waals surface area contributed by atoms with E-state index in [1.54, 1.807) is 6.20 Å². The van der Waals surface area contributed by atoms with E-state index in [1.807, 2.05) is 12.3 Å². The Morgan fingerprint density at radius 2 is 1.83 bits per heavy atom. The molecule has 2 heterocycles. The molecule has 0 bridgehead atoms. The minimum absolute atomic E-state index is 0.460. The van der Waals surface area contributed by atoms with Gasteiger partial charge in [-0.3, -0.25) is 4.98 Å². The molecule has 12 heavy (non-hydrogen) atoms. The quantitative estimate of drug-likeness (QED) is 0.611. The fraction of sp³-hybridized carbons (Fsp3) is 0.444. The smallest absolute Gasteiger partial charge is 0.0765 e. The number of fused-ring (bicyclic) bond motifs is 1. The first kappa shape index (κ1) is 7.40. The van der Waals surface area contributed by atoms with Crippen molar-refractivity contribution in [2.75, 3.05) is 10.6 Å². The Balaban J connectivity index is 2.34. The average molecular weight is 163 g/mol. The van der Waals surface area contributed by atoms with Crippen molar-refractivity contribution in [3.05, 3.63) is 18.5 Å². The lowest BCUT2D eigenvalue weighted by molar-refractivity contribution is 0.663. The highest BCUT2D eigenvalue weighted by Crippen LogP contribution is 2.26. The van der Waals surface area contributed by atoms with Crippen LogP contribution in [0.3, 0.4) is 0 Å². The van der Waals surface area contributed by atoms with Gasteiger partial charge in [0.15, 0.2) is 0 Å². The topological polar surface area (TPSA) is 37.0 Å². The summed E-state index contributed by atoms with van der Waals surface area (Å²) in [6.07, 6.45) is 3.65. The largest absolute Gasteiger partial charge is 0.379 e. The Labute approximate surface area is 72.2 Å². The van der Waals surface area contributed by atoms with Gasteiger partial charge in [-0.2, -0.15) is 0 Å². The third-order valence-corrected chi connectivity index (χ3v) is 2.34. The third-order valence-electron chi connectivity index (χ3n) is 2.34. The van der Waals surface area contributed by atoms with Crippen molar-refractivity contribution in [2.24, 2.45) is 0 Å². The Hall–Kier alpha value is -1.25. The van der Waals surface area contributed by atoms with Gasteiger partial charge in [-0.05, 0) is 19.9 Å². The second-order valence-corrected chi connectivity index (χ2v) is 3.29. The molecule has 2 rings (SSSR count). The van der Waals surface area contributed by atoms with Crippen molar-refractivity contribution < 1.29 is 0 Å². The zero-order valence-electron chi connectivity index (χ0n) is 7.33. The van der Waals surface area contributed by atoms with Gasteiger partial charge in [0, 0.05) is 18.3 Å². The third kappa shape index (κ3) is 1.11. The Morgan fingerprint density at radius 3 is 2.58 bits per heavy atom. The average Bonchev–Trinajstić information content (AvgIpc) is 2.07. The van der Waals surface area contributed by atoms with Crippen LogP contribution in [-0.4, -0.2) is 17.1 Å². The van der Waals surface area contributed by atoms with Crippen molar-refractivity contribution in [3.63, 3.8) is 0 Å². The van der Waals surface area contributed by atoms with Crippen LogP contribution in [0.15, 0.2) is 18.5 Å². The van der Waals surface area contributed by atoms with E-state index in [-0.39, 0.29) is 0 Å². The second-order valence-electron chi connectivity index (χ2n) is 3.29. The van der Waals surface area contributed by atoms with Crippen LogP contribution in [-0.2, 0) is 0 Å². The summed E-state index contributed by atoms with van der Waals surface area (Å²) in [7, 11) is 0. The number of aromatic nitrogens is 1. The zero-order chi connectivity index (χ0) is 8.55. The number of rotatable bonds is 0. The minimum atomic E-state index is 0.460. The van der Waals surface area contributed by atoms with Gasteiger partial charge < -0.3 is 10.6 Å². The van der Waals surface area contributed by atoms with Gasteiger partial charge >= 0.3 is 0 Å². The predicted molar refractivity (Wildman–Crippen MR) is 50.4 cm³/mol. The number of anilines is 2. The van der Waals surface area contributed by atoms with E-state index >= 15 is 0 Å². The molecule has 0 radical (unpaired) electrons. The molecule has 0 aliphatic carbocycles. The van der Waals surface area contributed by atoms with Crippen LogP contribution in [0.25, 0.3) is 0 Å². The number of hydrogen-bond donors (Lipinski definition) is 2. The van der Waals surface area contributed by atoms with Gasteiger partial charge in [-0.15, -0.1) is 0 Å². The molecule has 1 aromatic heterocycles. The summed E-state index contributed by atoms with van der Waals surface area (Å²) in [5.74, 6) is 0. The van der Waals surface area contributed by atoms with E-state index in [0.717, 1.165) is 11.4 Å². The maximum atomic E-state index is 4.05. The summed E-state index contributed by atoms with van der Waals surface area (Å²) in [6.45, 7) is 4.33. The Bertz CT molecular complexity index is 256. The molecule has 0 saturated carbocycles. The lowest BCUT2D eigenvalue weighted by atomic mass is 10.1. The molecule has 0 saturated heterocycles. The summed E-state index contributed by atoms with van der Waals surface area (Å²) in [4.78, 5) is 4.05. The van der Waals surface area contributed by atoms with Crippen LogP contribution in [0.4, 0.5) is 11.4 Å². The maximum absolute atomic E-state index is 4.05. The normalized spacial score (nSPS) is 26.8. The molecular formula is C9H13N3. The van der Waals surface area contributed by atoms with Crippen LogP contribution >= 0.6 is 0 Å². The van der Waals surface area contributed by atoms with Crippen LogP contribution in [0.1, 0.15) is 13.8 Å². The summed E-state index contributed by atoms with van der Waals surface area (Å²) in [5.41, 5.74) is 2.25. The first-order chi connectivity index (χ1) is 5.77. The molecular weight excluding hydrogens is 150 g/mol.